The van der Waals surface area contributed by atoms with Gasteiger partial charge in [-0.3, -0.25) is 0 Å². The third-order valence-electron chi connectivity index (χ3n) is 3.77. The van der Waals surface area contributed by atoms with Crippen LogP contribution in [0.2, 0.25) is 0 Å². The van der Waals surface area contributed by atoms with Crippen LogP contribution in [-0.2, 0) is 9.41 Å². The second kappa shape index (κ2) is 8.56. The Labute approximate surface area is 194 Å². The van der Waals surface area contributed by atoms with Gasteiger partial charge < -0.3 is 0 Å². The summed E-state index contributed by atoms with van der Waals surface area (Å²) in [6.07, 6.45) is -8.02. The number of halogens is 24. The zero-order valence-corrected chi connectivity index (χ0v) is 18.9. The third kappa shape index (κ3) is 4.34. The molecule has 0 atom stereocenters. The Morgan fingerprint density at radius 1 is 0.343 bits per heavy atom. The first kappa shape index (κ1) is 35.1. The molecule has 0 amide bonds. The van der Waals surface area contributed by atoms with E-state index in [1.807, 2.05) is 0 Å². The van der Waals surface area contributed by atoms with Crippen molar-refractivity contribution in [2.24, 2.45) is 0 Å². The van der Waals surface area contributed by atoms with Crippen molar-refractivity contribution in [3.8, 4) is 0 Å². The summed E-state index contributed by atoms with van der Waals surface area (Å²) in [7, 11) is 2.07. The van der Waals surface area contributed by atoms with Crippen molar-refractivity contribution in [3.05, 3.63) is 0 Å². The van der Waals surface area contributed by atoms with Crippen LogP contribution in [0.1, 0.15) is 0 Å². The van der Waals surface area contributed by atoms with E-state index in [1.165, 1.54) is 14.1 Å². The molecule has 0 spiro atoms. The van der Waals surface area contributed by atoms with Crippen LogP contribution in [0, 0.1) is 0 Å². The topological polar surface area (TPSA) is 0 Å². The molecule has 0 saturated heterocycles. The van der Waals surface area contributed by atoms with Crippen molar-refractivity contribution in [2.75, 3.05) is 0 Å². The summed E-state index contributed by atoms with van der Waals surface area (Å²) in [5.41, 5.74) is 0. The maximum absolute atomic E-state index is 13.5. The fraction of sp³-hybridized carbons (Fsp3) is 1.00. The van der Waals surface area contributed by atoms with E-state index in [0.717, 1.165) is 0 Å². The Bertz CT molecular complexity index is 731. The van der Waals surface area contributed by atoms with Crippen LogP contribution in [0.4, 0.5) is 92.2 Å². The molecule has 0 heterocycles. The van der Waals surface area contributed by atoms with E-state index in [-0.39, 0.29) is 0 Å². The first-order valence-corrected chi connectivity index (χ1v) is 14.2. The van der Waals surface area contributed by atoms with E-state index in [4.69, 9.17) is 0 Å². The summed E-state index contributed by atoms with van der Waals surface area (Å²) in [5.74, 6) is -70.7. The molecule has 0 bridgehead atoms. The summed E-state index contributed by atoms with van der Waals surface area (Å²) in [6.45, 7) is 0. The molecule has 0 aliphatic heterocycles. The summed E-state index contributed by atoms with van der Waals surface area (Å²) < 4.78 is 275. The Kier molecular flexibility index (Phi) is 8.59. The molecule has 214 valence electrons. The van der Waals surface area contributed by atoms with Crippen molar-refractivity contribution in [2.45, 2.75) is 58.3 Å². The minimum absolute atomic E-state index is 1.22. The molecule has 0 N–H and O–H groups in total. The number of alkyl halides is 21. The molecule has 25 heteroatoms. The Morgan fingerprint density at radius 3 is 0.686 bits per heavy atom. The van der Waals surface area contributed by atoms with Crippen molar-refractivity contribution in [1.29, 1.82) is 0 Å². The molecule has 0 aromatic rings. The van der Waals surface area contributed by atoms with E-state index < -0.39 is 67.7 Å². The quantitative estimate of drug-likeness (QED) is 0.209. The molecule has 0 aromatic carbocycles. The second-order valence-electron chi connectivity index (χ2n) is 6.02. The molecule has 0 aromatic heterocycles. The van der Waals surface area contributed by atoms with E-state index >= 15 is 0 Å². The van der Waals surface area contributed by atoms with E-state index in [9.17, 15) is 92.2 Å². The summed E-state index contributed by atoms with van der Waals surface area (Å²) >= 11 is 1.22. The summed E-state index contributed by atoms with van der Waals surface area (Å²) in [5, 5.41) is 0. The molecule has 0 saturated carbocycles. The summed E-state index contributed by atoms with van der Waals surface area (Å²) in [4.78, 5) is -6.99. The summed E-state index contributed by atoms with van der Waals surface area (Å²) in [6, 6.07) is 0. The normalized spacial score (nSPS) is 17.6. The van der Waals surface area contributed by atoms with E-state index in [0.29, 0.717) is 0 Å². The van der Waals surface area contributed by atoms with Gasteiger partial charge in [0.15, 0.2) is 0 Å². The molecular weight excluding hydrogens is 722 g/mol. The molecule has 0 rings (SSSR count). The molecular formula is C10BrCl2CrF21. The zero-order chi connectivity index (χ0) is 29.5. The molecule has 0 aliphatic carbocycles. The number of hydrogen-bond acceptors (Lipinski definition) is 0. The van der Waals surface area contributed by atoms with Crippen molar-refractivity contribution >= 4 is 34.1 Å². The van der Waals surface area contributed by atoms with E-state index in [2.05, 4.69) is 20.1 Å². The Hall–Kier alpha value is 0.122. The SMILES string of the molecule is FC(F)(F)C(F)(F)C(F)(F)C(F)(F)C(F)(F)C(F)(F)C(F)(F)C(F)(F)C(F)(F)[C](F)(F)[Cr]([Cl])([Cl])[Br]. The van der Waals surface area contributed by atoms with Gasteiger partial charge in [0.25, 0.3) is 0 Å². The minimum atomic E-state index is -9.21. The Balaban J connectivity index is 7.15. The molecule has 0 nitrogen and oxygen atoms in total. The average Bonchev–Trinajstić information content (AvgIpc) is 2.58. The van der Waals surface area contributed by atoms with Gasteiger partial charge in [-0.05, 0) is 0 Å². The predicted octanol–water partition coefficient (Wildman–Crippen LogP) is 9.00. The van der Waals surface area contributed by atoms with Gasteiger partial charge in [-0.25, -0.2) is 0 Å². The fourth-order valence-electron chi connectivity index (χ4n) is 1.69. The van der Waals surface area contributed by atoms with Crippen LogP contribution in [0.3, 0.4) is 0 Å². The fourth-order valence-corrected chi connectivity index (χ4v) is 3.98. The first-order chi connectivity index (χ1) is 14.5. The van der Waals surface area contributed by atoms with Gasteiger partial charge in [0.1, 0.15) is 0 Å². The average molecular weight is 722 g/mol. The van der Waals surface area contributed by atoms with Crippen molar-refractivity contribution < 1.29 is 102 Å². The van der Waals surface area contributed by atoms with Gasteiger partial charge in [0.2, 0.25) is 0 Å². The molecule has 0 fully saturated rings. The van der Waals surface area contributed by atoms with Crippen LogP contribution in [-0.4, -0.2) is 58.3 Å². The van der Waals surface area contributed by atoms with Crippen molar-refractivity contribution in [3.63, 3.8) is 0 Å². The van der Waals surface area contributed by atoms with Gasteiger partial charge >= 0.3 is 194 Å². The van der Waals surface area contributed by atoms with Crippen molar-refractivity contribution in [1.82, 2.24) is 0 Å². The molecule has 0 aliphatic rings. The molecule has 0 unspecified atom stereocenters. The molecule has 35 heavy (non-hydrogen) atoms. The van der Waals surface area contributed by atoms with Gasteiger partial charge in [-0.15, -0.1) is 0 Å². The van der Waals surface area contributed by atoms with Crippen LogP contribution in [0.5, 0.6) is 0 Å². The van der Waals surface area contributed by atoms with Crippen LogP contribution in [0.25, 0.3) is 0 Å². The molecule has 0 radical (unpaired) electrons. The van der Waals surface area contributed by atoms with Gasteiger partial charge in [-0.2, -0.15) is 0 Å². The second-order valence-corrected chi connectivity index (χ2v) is 19.6. The standard InChI is InChI=1S/C10F21.BrH.2ClH.Cr/c11-1(12)2(13,14)3(15,16)4(17,18)5(19,20)6(21,22)7(23,24)8(25,26)9(27,28)10(29,30)31;;;;/h;3*1H;/q;;;;+3/p-3. The number of hydrogen-bond donors (Lipinski definition) is 0. The van der Waals surface area contributed by atoms with Crippen LogP contribution >= 0.6 is 34.1 Å². The van der Waals surface area contributed by atoms with Crippen LogP contribution < -0.4 is 0 Å². The van der Waals surface area contributed by atoms with E-state index in [1.54, 1.807) is 0 Å². The van der Waals surface area contributed by atoms with Gasteiger partial charge in [0, 0.05) is 0 Å². The third-order valence-corrected chi connectivity index (χ3v) is 8.36. The monoisotopic (exact) mass is 720 g/mol. The Morgan fingerprint density at radius 2 is 0.514 bits per heavy atom. The zero-order valence-electron chi connectivity index (χ0n) is 14.5. The van der Waals surface area contributed by atoms with Gasteiger partial charge in [-0.1, -0.05) is 0 Å². The first-order valence-electron chi connectivity index (χ1n) is 6.89. The maximum atomic E-state index is 13.5. The predicted molar refractivity (Wildman–Crippen MR) is 71.2 cm³/mol. The van der Waals surface area contributed by atoms with Crippen LogP contribution in [0.15, 0.2) is 0 Å². The van der Waals surface area contributed by atoms with Gasteiger partial charge in [0.05, 0.1) is 0 Å². The number of rotatable bonds is 9.